The maximum absolute atomic E-state index is 13.6. The number of hydrogen-bond acceptors (Lipinski definition) is 4. The number of hydrogen-bond donors (Lipinski definition) is 0. The topological polar surface area (TPSA) is 54.5 Å². The molecule has 0 saturated carbocycles. The lowest BCUT2D eigenvalue weighted by molar-refractivity contribution is 0.0781. The van der Waals surface area contributed by atoms with E-state index in [0.29, 0.717) is 31.0 Å². The zero-order valence-corrected chi connectivity index (χ0v) is 18.6. The average Bonchev–Trinajstić information content (AvgIpc) is 3.25. The van der Waals surface area contributed by atoms with Crippen LogP contribution in [0, 0.1) is 19.7 Å². The number of halogens is 1. The molecule has 0 fully saturated rings. The van der Waals surface area contributed by atoms with E-state index in [-0.39, 0.29) is 11.7 Å². The number of aromatic nitrogens is 2. The summed E-state index contributed by atoms with van der Waals surface area (Å²) >= 11 is 0. The van der Waals surface area contributed by atoms with Crippen LogP contribution in [0.2, 0.25) is 0 Å². The molecule has 1 amide bonds. The molecule has 0 bridgehead atoms. The van der Waals surface area contributed by atoms with Crippen LogP contribution >= 0.6 is 0 Å². The summed E-state index contributed by atoms with van der Waals surface area (Å²) in [7, 11) is 1.82. The second-order valence-electron chi connectivity index (χ2n) is 8.26. The first-order valence-electron chi connectivity index (χ1n) is 10.7. The van der Waals surface area contributed by atoms with Crippen molar-refractivity contribution in [2.45, 2.75) is 53.4 Å². The fourth-order valence-corrected chi connectivity index (χ4v) is 4.37. The maximum atomic E-state index is 13.6. The zero-order chi connectivity index (χ0) is 22.1. The lowest BCUT2D eigenvalue weighted by Gasteiger charge is -2.27. The van der Waals surface area contributed by atoms with Crippen LogP contribution in [0.25, 0.3) is 0 Å². The molecule has 2 aromatic heterocycles. The van der Waals surface area contributed by atoms with Crippen LogP contribution in [0.5, 0.6) is 0 Å². The summed E-state index contributed by atoms with van der Waals surface area (Å²) in [6.07, 6.45) is 2.58. The van der Waals surface area contributed by atoms with Crippen molar-refractivity contribution in [1.29, 1.82) is 0 Å². The highest BCUT2D eigenvalue weighted by atomic mass is 19.1. The Kier molecular flexibility index (Phi) is 5.96. The third-order valence-corrected chi connectivity index (χ3v) is 6.07. The van der Waals surface area contributed by atoms with Gasteiger partial charge in [0.15, 0.2) is 0 Å². The summed E-state index contributed by atoms with van der Waals surface area (Å²) < 4.78 is 21.5. The Bertz CT molecular complexity index is 1100. The van der Waals surface area contributed by atoms with Gasteiger partial charge in [0, 0.05) is 63.0 Å². The first kappa shape index (κ1) is 21.3. The van der Waals surface area contributed by atoms with Crippen LogP contribution in [-0.2, 0) is 32.6 Å². The van der Waals surface area contributed by atoms with Gasteiger partial charge in [-0.05, 0) is 38.5 Å². The summed E-state index contributed by atoms with van der Waals surface area (Å²) in [5, 5.41) is 4.38. The Labute approximate surface area is 182 Å². The Morgan fingerprint density at radius 2 is 2.13 bits per heavy atom. The van der Waals surface area contributed by atoms with Crippen molar-refractivity contribution in [1.82, 2.24) is 19.6 Å². The molecule has 0 unspecified atom stereocenters. The summed E-state index contributed by atoms with van der Waals surface area (Å²) in [5.41, 5.74) is 4.66. The molecular formula is C24H29FN4O2. The van der Waals surface area contributed by atoms with Crippen molar-refractivity contribution in [3.8, 4) is 0 Å². The monoisotopic (exact) mass is 424 g/mol. The van der Waals surface area contributed by atoms with Crippen molar-refractivity contribution >= 4 is 5.91 Å². The van der Waals surface area contributed by atoms with Crippen LogP contribution in [0.15, 0.2) is 34.9 Å². The van der Waals surface area contributed by atoms with E-state index in [1.807, 2.05) is 37.8 Å². The molecule has 0 radical (unpaired) electrons. The van der Waals surface area contributed by atoms with Gasteiger partial charge >= 0.3 is 0 Å². The number of furan rings is 1. The largest absolute Gasteiger partial charge is 0.465 e. The number of aryl methyl sites for hydroxylation is 2. The van der Waals surface area contributed by atoms with E-state index >= 15 is 0 Å². The smallest absolute Gasteiger partial charge is 0.257 e. The molecule has 1 aliphatic rings. The second-order valence-corrected chi connectivity index (χ2v) is 8.26. The molecule has 7 heteroatoms. The molecule has 0 aliphatic carbocycles. The molecule has 31 heavy (non-hydrogen) atoms. The van der Waals surface area contributed by atoms with Crippen LogP contribution in [0.3, 0.4) is 0 Å². The lowest BCUT2D eigenvalue weighted by Crippen LogP contribution is -2.32. The van der Waals surface area contributed by atoms with Crippen LogP contribution < -0.4 is 0 Å². The van der Waals surface area contributed by atoms with Crippen LogP contribution in [0.1, 0.15) is 51.2 Å². The fourth-order valence-electron chi connectivity index (χ4n) is 4.37. The van der Waals surface area contributed by atoms with Gasteiger partial charge in [0.2, 0.25) is 0 Å². The molecule has 164 valence electrons. The van der Waals surface area contributed by atoms with Crippen molar-refractivity contribution < 1.29 is 13.6 Å². The van der Waals surface area contributed by atoms with E-state index in [9.17, 15) is 9.18 Å². The highest BCUT2D eigenvalue weighted by Crippen LogP contribution is 2.30. The third kappa shape index (κ3) is 4.28. The molecule has 0 N–H and O–H groups in total. The number of nitrogens with zero attached hydrogens (tertiary/aromatic N) is 4. The predicted molar refractivity (Wildman–Crippen MR) is 116 cm³/mol. The summed E-state index contributed by atoms with van der Waals surface area (Å²) in [4.78, 5) is 17.3. The standard InChI is InChI=1S/C24H29FN4O2/c1-5-29-16(2)19(12-26-29)14-27(4)24(30)23-17(3)31-22-9-10-28(15-21(22)23)13-18-7-6-8-20(25)11-18/h6-8,11-12H,5,9-10,13-15H2,1-4H3. The Balaban J connectivity index is 1.52. The Morgan fingerprint density at radius 3 is 2.84 bits per heavy atom. The zero-order valence-electron chi connectivity index (χ0n) is 18.6. The number of rotatable bonds is 6. The average molecular weight is 425 g/mol. The van der Waals surface area contributed by atoms with Gasteiger partial charge in [-0.25, -0.2) is 4.39 Å². The normalized spacial score (nSPS) is 14.0. The van der Waals surface area contributed by atoms with Crippen LogP contribution in [0.4, 0.5) is 4.39 Å². The highest BCUT2D eigenvalue weighted by molar-refractivity contribution is 5.96. The number of amides is 1. The first-order chi connectivity index (χ1) is 14.9. The first-order valence-corrected chi connectivity index (χ1v) is 10.7. The van der Waals surface area contributed by atoms with Crippen molar-refractivity contribution in [3.63, 3.8) is 0 Å². The predicted octanol–water partition coefficient (Wildman–Crippen LogP) is 4.08. The number of carbonyl (C=O) groups is 1. The van der Waals surface area contributed by atoms with E-state index < -0.39 is 0 Å². The maximum Gasteiger partial charge on any atom is 0.257 e. The molecule has 3 aromatic rings. The van der Waals surface area contributed by atoms with Gasteiger partial charge in [0.1, 0.15) is 17.3 Å². The van der Waals surface area contributed by atoms with Crippen molar-refractivity contribution in [3.05, 3.63) is 75.7 Å². The molecule has 6 nitrogen and oxygen atoms in total. The molecule has 1 aromatic carbocycles. The molecule has 1 aliphatic heterocycles. The molecule has 0 atom stereocenters. The third-order valence-electron chi connectivity index (χ3n) is 6.07. The van der Waals surface area contributed by atoms with Gasteiger partial charge < -0.3 is 9.32 Å². The number of fused-ring (bicyclic) bond motifs is 1. The summed E-state index contributed by atoms with van der Waals surface area (Å²) in [6.45, 7) is 9.31. The minimum atomic E-state index is -0.228. The number of carbonyl (C=O) groups excluding carboxylic acids is 1. The van der Waals surface area contributed by atoms with Gasteiger partial charge in [-0.3, -0.25) is 14.4 Å². The van der Waals surface area contributed by atoms with E-state index in [2.05, 4.69) is 16.9 Å². The molecule has 0 saturated heterocycles. The number of benzene rings is 1. The highest BCUT2D eigenvalue weighted by Gasteiger charge is 2.30. The quantitative estimate of drug-likeness (QED) is 0.598. The van der Waals surface area contributed by atoms with Gasteiger partial charge in [-0.1, -0.05) is 12.1 Å². The van der Waals surface area contributed by atoms with E-state index in [1.165, 1.54) is 6.07 Å². The summed E-state index contributed by atoms with van der Waals surface area (Å²) in [5.74, 6) is 1.28. The molecule has 3 heterocycles. The van der Waals surface area contributed by atoms with Gasteiger partial charge in [-0.2, -0.15) is 5.10 Å². The fraction of sp³-hybridized carbons (Fsp3) is 0.417. The molecule has 4 rings (SSSR count). The van der Waals surface area contributed by atoms with E-state index in [1.54, 1.807) is 17.0 Å². The van der Waals surface area contributed by atoms with Crippen LogP contribution in [-0.4, -0.2) is 39.1 Å². The SMILES string of the molecule is CCn1ncc(CN(C)C(=O)c2c(C)oc3c2CN(Cc2cccc(F)c2)CC3)c1C. The summed E-state index contributed by atoms with van der Waals surface area (Å²) in [6, 6.07) is 6.68. The van der Waals surface area contributed by atoms with E-state index in [4.69, 9.17) is 4.42 Å². The van der Waals surface area contributed by atoms with Gasteiger partial charge in [-0.15, -0.1) is 0 Å². The van der Waals surface area contributed by atoms with E-state index in [0.717, 1.165) is 47.7 Å². The Hall–Kier alpha value is -2.93. The molecule has 0 spiro atoms. The van der Waals surface area contributed by atoms with Crippen molar-refractivity contribution in [2.24, 2.45) is 0 Å². The van der Waals surface area contributed by atoms with Gasteiger partial charge in [0.25, 0.3) is 5.91 Å². The minimum absolute atomic E-state index is 0.0428. The lowest BCUT2D eigenvalue weighted by atomic mass is 10.0. The van der Waals surface area contributed by atoms with Gasteiger partial charge in [0.05, 0.1) is 11.8 Å². The Morgan fingerprint density at radius 1 is 1.32 bits per heavy atom. The molecular weight excluding hydrogens is 395 g/mol. The minimum Gasteiger partial charge on any atom is -0.465 e. The van der Waals surface area contributed by atoms with Crippen molar-refractivity contribution in [2.75, 3.05) is 13.6 Å². The second kappa shape index (κ2) is 8.67.